The van der Waals surface area contributed by atoms with Gasteiger partial charge in [0.1, 0.15) is 5.60 Å². The topological polar surface area (TPSA) is 81.5 Å². The fourth-order valence-corrected chi connectivity index (χ4v) is 7.51. The molecule has 0 saturated carbocycles. The lowest BCUT2D eigenvalue weighted by molar-refractivity contribution is -0.119. The quantitative estimate of drug-likeness (QED) is 0.499. The molecule has 2 aromatic rings. The van der Waals surface area contributed by atoms with E-state index in [4.69, 9.17) is 9.47 Å². The number of hydrogen-bond acceptors (Lipinski definition) is 6. The van der Waals surface area contributed by atoms with E-state index in [0.29, 0.717) is 36.4 Å². The van der Waals surface area contributed by atoms with Crippen LogP contribution in [0.1, 0.15) is 36.1 Å². The summed E-state index contributed by atoms with van der Waals surface area (Å²) in [6.07, 6.45) is 3.53. The Bertz CT molecular complexity index is 1120. The third-order valence-electron chi connectivity index (χ3n) is 6.75. The number of allylic oxidation sites excluding steroid dienone is 3. The maximum atomic E-state index is 13.7. The van der Waals surface area contributed by atoms with Gasteiger partial charge in [-0.05, 0) is 41.5 Å². The Morgan fingerprint density at radius 1 is 1.18 bits per heavy atom. The predicted molar refractivity (Wildman–Crippen MR) is 131 cm³/mol. The number of carbonyl (C=O) groups excluding carboxylic acids is 1. The van der Waals surface area contributed by atoms with Crippen molar-refractivity contribution in [2.45, 2.75) is 44.5 Å². The van der Waals surface area contributed by atoms with Gasteiger partial charge in [0, 0.05) is 5.92 Å². The first kappa shape index (κ1) is 23.4. The van der Waals surface area contributed by atoms with Crippen LogP contribution in [0, 0.1) is 11.8 Å². The lowest BCUT2D eigenvalue weighted by atomic mass is 9.65. The van der Waals surface area contributed by atoms with Crippen molar-refractivity contribution in [2.24, 2.45) is 11.8 Å². The Morgan fingerprint density at radius 2 is 1.88 bits per heavy atom. The monoisotopic (exact) mass is 464 g/mol. The van der Waals surface area contributed by atoms with Crippen molar-refractivity contribution in [2.75, 3.05) is 14.2 Å². The van der Waals surface area contributed by atoms with E-state index in [1.54, 1.807) is 7.11 Å². The lowest BCUT2D eigenvalue weighted by Crippen LogP contribution is -2.45. The first-order valence-electron chi connectivity index (χ1n) is 11.3. The molecule has 1 aromatic carbocycles. The zero-order chi connectivity index (χ0) is 24.0. The molecule has 1 unspecified atom stereocenters. The van der Waals surface area contributed by atoms with Gasteiger partial charge in [-0.1, -0.05) is 56.0 Å². The summed E-state index contributed by atoms with van der Waals surface area (Å²) in [6, 6.07) is 9.69. The maximum absolute atomic E-state index is 13.7. The Labute approximate surface area is 196 Å². The van der Waals surface area contributed by atoms with Crippen molar-refractivity contribution >= 4 is 19.4 Å². The van der Waals surface area contributed by atoms with Gasteiger partial charge in [-0.15, -0.1) is 6.58 Å². The summed E-state index contributed by atoms with van der Waals surface area (Å²) in [5.41, 5.74) is 1.42. The van der Waals surface area contributed by atoms with Crippen LogP contribution in [-0.2, 0) is 10.4 Å². The van der Waals surface area contributed by atoms with Crippen molar-refractivity contribution in [3.8, 4) is 11.9 Å². The van der Waals surface area contributed by atoms with Crippen molar-refractivity contribution in [1.82, 2.24) is 9.97 Å². The molecule has 0 aliphatic heterocycles. The Balaban J connectivity index is 2.11. The highest BCUT2D eigenvalue weighted by atomic mass is 28.3. The zero-order valence-electron chi connectivity index (χ0n) is 20.0. The molecule has 2 aliphatic carbocycles. The average molecular weight is 465 g/mol. The zero-order valence-corrected chi connectivity index (χ0v) is 21.0. The number of ether oxygens (including phenoxy) is 2. The van der Waals surface area contributed by atoms with Crippen LogP contribution in [0.4, 0.5) is 0 Å². The fraction of sp³-hybridized carbons (Fsp3) is 0.423. The molecule has 6 nitrogen and oxygen atoms in total. The molecule has 0 saturated heterocycles. The molecule has 0 spiro atoms. The molecule has 0 fully saturated rings. The summed E-state index contributed by atoms with van der Waals surface area (Å²) in [6.45, 7) is 10.4. The van der Waals surface area contributed by atoms with Gasteiger partial charge < -0.3 is 14.6 Å². The number of fused-ring (bicyclic) bond motifs is 3. The van der Waals surface area contributed by atoms with E-state index in [9.17, 15) is 9.90 Å². The van der Waals surface area contributed by atoms with E-state index >= 15 is 0 Å². The molecule has 7 heteroatoms. The fourth-order valence-electron chi connectivity index (χ4n) is 5.43. The molecule has 1 aromatic heterocycles. The minimum Gasteiger partial charge on any atom is -0.480 e. The van der Waals surface area contributed by atoms with Crippen molar-refractivity contribution in [3.63, 3.8) is 0 Å². The molecule has 33 heavy (non-hydrogen) atoms. The van der Waals surface area contributed by atoms with Crippen LogP contribution in [0.2, 0.25) is 19.6 Å². The second-order valence-electron chi connectivity index (χ2n) is 9.93. The van der Waals surface area contributed by atoms with Crippen LogP contribution in [0.15, 0.2) is 48.2 Å². The summed E-state index contributed by atoms with van der Waals surface area (Å²) in [7, 11) is 0.962. The summed E-state index contributed by atoms with van der Waals surface area (Å²) in [5.74, 6) is 0.355. The Hall–Kier alpha value is -2.77. The van der Waals surface area contributed by atoms with Crippen LogP contribution in [0.5, 0.6) is 11.9 Å². The van der Waals surface area contributed by atoms with E-state index in [1.165, 1.54) is 7.11 Å². The number of Topliss-reactive ketones (excluding diaryl/α,β-unsaturated/α-hetero) is 1. The van der Waals surface area contributed by atoms with E-state index in [1.807, 2.05) is 36.4 Å². The van der Waals surface area contributed by atoms with E-state index < -0.39 is 13.7 Å². The number of methoxy groups -OCH3 is 2. The van der Waals surface area contributed by atoms with Gasteiger partial charge >= 0.3 is 6.01 Å². The van der Waals surface area contributed by atoms with Gasteiger partial charge in [0.25, 0.3) is 0 Å². The number of rotatable bonds is 6. The van der Waals surface area contributed by atoms with Crippen LogP contribution in [-0.4, -0.2) is 43.2 Å². The Kier molecular flexibility index (Phi) is 6.05. The maximum Gasteiger partial charge on any atom is 0.319 e. The molecule has 2 aliphatic rings. The Morgan fingerprint density at radius 3 is 2.45 bits per heavy atom. The molecule has 4 rings (SSSR count). The second-order valence-corrected chi connectivity index (χ2v) is 14.9. The highest BCUT2D eigenvalue weighted by Gasteiger charge is 2.51. The molecule has 0 bridgehead atoms. The smallest absolute Gasteiger partial charge is 0.319 e. The number of aromatic nitrogens is 2. The lowest BCUT2D eigenvalue weighted by Gasteiger charge is -2.45. The van der Waals surface area contributed by atoms with Gasteiger partial charge in [-0.25, -0.2) is 0 Å². The van der Waals surface area contributed by atoms with Crippen molar-refractivity contribution < 1.29 is 19.4 Å². The molecular weight excluding hydrogens is 432 g/mol. The summed E-state index contributed by atoms with van der Waals surface area (Å²) in [4.78, 5) is 22.8. The number of ketones is 1. The van der Waals surface area contributed by atoms with Crippen LogP contribution >= 0.6 is 0 Å². The minimum atomic E-state index is -2.08. The molecule has 174 valence electrons. The number of aliphatic hydroxyl groups is 1. The van der Waals surface area contributed by atoms with Crippen LogP contribution in [0.3, 0.4) is 0 Å². The molecule has 1 N–H and O–H groups in total. The first-order valence-corrected chi connectivity index (χ1v) is 14.8. The van der Waals surface area contributed by atoms with Gasteiger partial charge in [-0.2, -0.15) is 9.97 Å². The third kappa shape index (κ3) is 3.83. The van der Waals surface area contributed by atoms with Gasteiger partial charge in [0.05, 0.1) is 33.6 Å². The molecule has 0 radical (unpaired) electrons. The predicted octanol–water partition coefficient (Wildman–Crippen LogP) is 4.55. The van der Waals surface area contributed by atoms with Crippen molar-refractivity contribution in [1.29, 1.82) is 0 Å². The standard InChI is InChI=1S/C26H32N2O4Si/c1-7-11-16-14-17-15-26(30,18-12-9-8-10-13-18)23-20(24(31-2)28-25(27-23)32-3)19(17)22(21(16)29)33(4,5)6/h7-10,12-13,16-17,30H,1,11,14-15H2,2-6H3/t16?,17-,26-/m1/s1. The van der Waals surface area contributed by atoms with Crippen LogP contribution in [0.25, 0.3) is 5.57 Å². The largest absolute Gasteiger partial charge is 0.480 e. The second kappa shape index (κ2) is 8.54. The third-order valence-corrected chi connectivity index (χ3v) is 8.77. The van der Waals surface area contributed by atoms with Crippen LogP contribution < -0.4 is 9.47 Å². The normalized spacial score (nSPS) is 24.7. The van der Waals surface area contributed by atoms with Gasteiger partial charge in [0.2, 0.25) is 5.88 Å². The SMILES string of the molecule is C=CCC1C[C@@H]2C[C@@](O)(c3ccccc3)c3nc(OC)nc(OC)c3C2=C([Si](C)(C)C)C1=O. The van der Waals surface area contributed by atoms with Gasteiger partial charge in [0.15, 0.2) is 5.78 Å². The number of hydrogen-bond donors (Lipinski definition) is 1. The summed E-state index contributed by atoms with van der Waals surface area (Å²) < 4.78 is 11.1. The van der Waals surface area contributed by atoms with E-state index in [2.05, 4.69) is 36.2 Å². The average Bonchev–Trinajstić information content (AvgIpc) is 2.79. The van der Waals surface area contributed by atoms with E-state index in [0.717, 1.165) is 16.3 Å². The molecule has 1 heterocycles. The van der Waals surface area contributed by atoms with Crippen molar-refractivity contribution in [3.05, 3.63) is 65.0 Å². The van der Waals surface area contributed by atoms with E-state index in [-0.39, 0.29) is 23.6 Å². The minimum absolute atomic E-state index is 0.0297. The van der Waals surface area contributed by atoms with Gasteiger partial charge in [-0.3, -0.25) is 4.79 Å². The number of benzene rings is 1. The molecular formula is C26H32N2O4Si. The summed E-state index contributed by atoms with van der Waals surface area (Å²) >= 11 is 0. The number of carbonyl (C=O) groups is 1. The highest BCUT2D eigenvalue weighted by molar-refractivity contribution is 6.88. The summed E-state index contributed by atoms with van der Waals surface area (Å²) in [5, 5.41) is 13.1. The number of nitrogens with zero attached hydrogens (tertiary/aromatic N) is 2. The highest BCUT2D eigenvalue weighted by Crippen LogP contribution is 2.55. The molecule has 0 amide bonds. The first-order chi connectivity index (χ1) is 15.7. The molecule has 3 atom stereocenters.